The summed E-state index contributed by atoms with van der Waals surface area (Å²) in [6, 6.07) is 4.94. The molecule has 0 bridgehead atoms. The summed E-state index contributed by atoms with van der Waals surface area (Å²) in [5, 5.41) is 8.62. The molecule has 0 fully saturated rings. The molecule has 0 aromatic carbocycles. The Balaban J connectivity index is 2.85. The van der Waals surface area contributed by atoms with Crippen molar-refractivity contribution in [2.24, 2.45) is 0 Å². The summed E-state index contributed by atoms with van der Waals surface area (Å²) in [6.45, 7) is 2.04. The number of rotatable bonds is 3. The van der Waals surface area contributed by atoms with Crippen LogP contribution in [0.3, 0.4) is 0 Å². The van der Waals surface area contributed by atoms with E-state index >= 15 is 0 Å². The molecule has 5 heteroatoms. The molecule has 78 valence electrons. The number of aromatic nitrogens is 1. The maximum absolute atomic E-state index is 11.2. The van der Waals surface area contributed by atoms with Crippen molar-refractivity contribution >= 4 is 11.7 Å². The van der Waals surface area contributed by atoms with Crippen molar-refractivity contribution < 1.29 is 9.53 Å². The second-order valence-electron chi connectivity index (χ2n) is 2.83. The zero-order valence-electron chi connectivity index (χ0n) is 8.36. The number of carbonyl (C=O) groups is 1. The van der Waals surface area contributed by atoms with Crippen LogP contribution in [0.5, 0.6) is 0 Å². The quantitative estimate of drug-likeness (QED) is 0.731. The molecule has 0 amide bonds. The molecular formula is C10H11N3O2. The third kappa shape index (κ3) is 2.95. The number of anilines is 1. The van der Waals surface area contributed by atoms with Crippen LogP contribution in [0.15, 0.2) is 12.1 Å². The molecule has 0 saturated heterocycles. The molecule has 1 aromatic rings. The Morgan fingerprint density at radius 2 is 2.40 bits per heavy atom. The number of ether oxygens (including phenoxy) is 1. The summed E-state index contributed by atoms with van der Waals surface area (Å²) in [4.78, 5) is 15.1. The molecule has 0 atom stereocenters. The molecule has 0 aliphatic carbocycles. The molecule has 1 rings (SSSR count). The van der Waals surface area contributed by atoms with Crippen molar-refractivity contribution in [1.29, 1.82) is 5.26 Å². The van der Waals surface area contributed by atoms with E-state index < -0.39 is 5.97 Å². The number of hydrogen-bond acceptors (Lipinski definition) is 5. The Bertz CT molecular complexity index is 410. The van der Waals surface area contributed by atoms with E-state index in [1.807, 2.05) is 6.07 Å². The molecule has 0 unspecified atom stereocenters. The van der Waals surface area contributed by atoms with Gasteiger partial charge in [0, 0.05) is 0 Å². The van der Waals surface area contributed by atoms with Crippen LogP contribution >= 0.6 is 0 Å². The van der Waals surface area contributed by atoms with Crippen LogP contribution in [-0.4, -0.2) is 17.6 Å². The first-order valence-electron chi connectivity index (χ1n) is 4.48. The molecular weight excluding hydrogens is 194 g/mol. The minimum Gasteiger partial charge on any atom is -0.466 e. The Hall–Kier alpha value is -2.09. The fourth-order valence-electron chi connectivity index (χ4n) is 1.06. The smallest absolute Gasteiger partial charge is 0.311 e. The lowest BCUT2D eigenvalue weighted by Crippen LogP contribution is -2.11. The van der Waals surface area contributed by atoms with E-state index in [1.165, 1.54) is 6.07 Å². The molecule has 1 heterocycles. The lowest BCUT2D eigenvalue weighted by molar-refractivity contribution is -0.142. The van der Waals surface area contributed by atoms with E-state index in [1.54, 1.807) is 13.0 Å². The summed E-state index contributed by atoms with van der Waals surface area (Å²) < 4.78 is 4.76. The zero-order valence-corrected chi connectivity index (χ0v) is 8.36. The fraction of sp³-hybridized carbons (Fsp3) is 0.300. The molecule has 0 aliphatic heterocycles. The van der Waals surface area contributed by atoms with Crippen molar-refractivity contribution in [3.63, 3.8) is 0 Å². The third-order valence-electron chi connectivity index (χ3n) is 1.74. The lowest BCUT2D eigenvalue weighted by Gasteiger charge is -2.04. The second-order valence-corrected chi connectivity index (χ2v) is 2.83. The molecule has 1 aromatic heterocycles. The molecule has 5 nitrogen and oxygen atoms in total. The third-order valence-corrected chi connectivity index (χ3v) is 1.74. The van der Waals surface area contributed by atoms with Gasteiger partial charge in [-0.25, -0.2) is 4.98 Å². The molecule has 0 saturated carbocycles. The van der Waals surface area contributed by atoms with Gasteiger partial charge < -0.3 is 10.5 Å². The van der Waals surface area contributed by atoms with Crippen LogP contribution in [0, 0.1) is 11.3 Å². The van der Waals surface area contributed by atoms with Crippen LogP contribution in [-0.2, 0) is 16.0 Å². The van der Waals surface area contributed by atoms with Crippen LogP contribution in [0.2, 0.25) is 0 Å². The predicted molar refractivity (Wildman–Crippen MR) is 53.7 cm³/mol. The van der Waals surface area contributed by atoms with Gasteiger partial charge in [-0.15, -0.1) is 0 Å². The first-order chi connectivity index (χ1) is 7.17. The highest BCUT2D eigenvalue weighted by atomic mass is 16.5. The molecule has 0 aliphatic rings. The maximum atomic E-state index is 11.2. The highest BCUT2D eigenvalue weighted by Crippen LogP contribution is 2.10. The SMILES string of the molecule is CCOC(=O)Cc1nc(C#N)ccc1N. The van der Waals surface area contributed by atoms with Crippen LogP contribution < -0.4 is 5.73 Å². The Kier molecular flexibility index (Phi) is 3.63. The van der Waals surface area contributed by atoms with Gasteiger partial charge in [-0.05, 0) is 19.1 Å². The highest BCUT2D eigenvalue weighted by molar-refractivity contribution is 5.74. The Labute approximate surface area is 87.5 Å². The van der Waals surface area contributed by atoms with Crippen LogP contribution in [0.4, 0.5) is 5.69 Å². The minimum atomic E-state index is -0.396. The van der Waals surface area contributed by atoms with Gasteiger partial charge in [0.1, 0.15) is 11.8 Å². The lowest BCUT2D eigenvalue weighted by atomic mass is 10.2. The topological polar surface area (TPSA) is 89.0 Å². The number of hydrogen-bond donors (Lipinski definition) is 1. The number of nitrogens with zero attached hydrogens (tertiary/aromatic N) is 2. The molecule has 15 heavy (non-hydrogen) atoms. The van der Waals surface area contributed by atoms with Gasteiger partial charge in [-0.1, -0.05) is 0 Å². The molecule has 2 N–H and O–H groups in total. The summed E-state index contributed by atoms with van der Waals surface area (Å²) >= 11 is 0. The van der Waals surface area contributed by atoms with Crippen molar-refractivity contribution in [3.05, 3.63) is 23.5 Å². The van der Waals surface area contributed by atoms with Crippen molar-refractivity contribution in [2.45, 2.75) is 13.3 Å². The van der Waals surface area contributed by atoms with Crippen molar-refractivity contribution in [3.8, 4) is 6.07 Å². The van der Waals surface area contributed by atoms with Crippen molar-refractivity contribution in [1.82, 2.24) is 4.98 Å². The predicted octanol–water partition coefficient (Wildman–Crippen LogP) is 0.641. The monoisotopic (exact) mass is 205 g/mol. The molecule has 0 spiro atoms. The zero-order chi connectivity index (χ0) is 11.3. The van der Waals surface area contributed by atoms with Gasteiger partial charge in [0.05, 0.1) is 24.4 Å². The summed E-state index contributed by atoms with van der Waals surface area (Å²) in [5.74, 6) is -0.396. The highest BCUT2D eigenvalue weighted by Gasteiger charge is 2.09. The average molecular weight is 205 g/mol. The minimum absolute atomic E-state index is 0.00477. The van der Waals surface area contributed by atoms with E-state index in [0.29, 0.717) is 18.0 Å². The normalized spacial score (nSPS) is 9.33. The van der Waals surface area contributed by atoms with Crippen molar-refractivity contribution in [2.75, 3.05) is 12.3 Å². The first kappa shape index (κ1) is 11.0. The van der Waals surface area contributed by atoms with E-state index in [2.05, 4.69) is 4.98 Å². The number of nitrogens with two attached hydrogens (primary N) is 1. The van der Waals surface area contributed by atoms with Gasteiger partial charge in [0.15, 0.2) is 0 Å². The summed E-state index contributed by atoms with van der Waals surface area (Å²) in [5.41, 5.74) is 6.62. The van der Waals surface area contributed by atoms with Gasteiger partial charge in [-0.2, -0.15) is 5.26 Å². The van der Waals surface area contributed by atoms with E-state index in [9.17, 15) is 4.79 Å². The van der Waals surface area contributed by atoms with E-state index in [4.69, 9.17) is 15.7 Å². The number of carbonyl (C=O) groups excluding carboxylic acids is 1. The second kappa shape index (κ2) is 4.96. The van der Waals surface area contributed by atoms with Gasteiger partial charge >= 0.3 is 5.97 Å². The average Bonchev–Trinajstić information content (AvgIpc) is 2.21. The standard InChI is InChI=1S/C10H11N3O2/c1-2-15-10(14)5-9-8(12)4-3-7(6-11)13-9/h3-4H,2,5,12H2,1H3. The van der Waals surface area contributed by atoms with Crippen LogP contribution in [0.1, 0.15) is 18.3 Å². The number of nitrogen functional groups attached to an aromatic ring is 1. The molecule has 0 radical (unpaired) electrons. The van der Waals surface area contributed by atoms with Gasteiger partial charge in [-0.3, -0.25) is 4.79 Å². The number of esters is 1. The Morgan fingerprint density at radius 1 is 1.67 bits per heavy atom. The van der Waals surface area contributed by atoms with Gasteiger partial charge in [0.2, 0.25) is 0 Å². The van der Waals surface area contributed by atoms with E-state index in [-0.39, 0.29) is 12.1 Å². The van der Waals surface area contributed by atoms with E-state index in [0.717, 1.165) is 0 Å². The largest absolute Gasteiger partial charge is 0.466 e. The number of pyridine rings is 1. The first-order valence-corrected chi connectivity index (χ1v) is 4.48. The summed E-state index contributed by atoms with van der Waals surface area (Å²) in [7, 11) is 0. The Morgan fingerprint density at radius 3 is 3.00 bits per heavy atom. The fourth-order valence-corrected chi connectivity index (χ4v) is 1.06. The maximum Gasteiger partial charge on any atom is 0.311 e. The summed E-state index contributed by atoms with van der Waals surface area (Å²) in [6.07, 6.45) is -0.00477. The van der Waals surface area contributed by atoms with Gasteiger partial charge in [0.25, 0.3) is 0 Å². The number of nitriles is 1. The van der Waals surface area contributed by atoms with Crippen LogP contribution in [0.25, 0.3) is 0 Å².